The molecule has 3 nitrogen and oxygen atoms in total. The van der Waals surface area contributed by atoms with Crippen LogP contribution in [0, 0.1) is 11.8 Å². The maximum atomic E-state index is 12.6. The fourth-order valence-electron chi connectivity index (χ4n) is 3.61. The lowest BCUT2D eigenvalue weighted by molar-refractivity contribution is 0.0926. The van der Waals surface area contributed by atoms with Gasteiger partial charge in [0.15, 0.2) is 5.78 Å². The van der Waals surface area contributed by atoms with E-state index in [1.54, 1.807) is 0 Å². The summed E-state index contributed by atoms with van der Waals surface area (Å²) < 4.78 is 0. The van der Waals surface area contributed by atoms with E-state index in [1.165, 1.54) is 16.9 Å². The molecule has 1 aliphatic heterocycles. The fourth-order valence-corrected chi connectivity index (χ4v) is 4.43. The topological polar surface area (TPSA) is 23.6 Å². The molecule has 1 aromatic heterocycles. The predicted molar refractivity (Wildman–Crippen MR) is 138 cm³/mol. The zero-order chi connectivity index (χ0) is 20.6. The van der Waals surface area contributed by atoms with Crippen molar-refractivity contribution in [3.63, 3.8) is 0 Å². The monoisotopic (exact) mass is 486 g/mol. The highest BCUT2D eigenvalue weighted by molar-refractivity contribution is 7.14. The number of Topliss-reactive ketones (excluding diaryl/α,β-unsaturated/α-hetero) is 1. The summed E-state index contributed by atoms with van der Waals surface area (Å²) in [7, 11) is 0. The van der Waals surface area contributed by atoms with E-state index in [4.69, 9.17) is 0 Å². The predicted octanol–water partition coefficient (Wildman–Crippen LogP) is 5.38. The number of rotatable bonds is 6. The molecule has 1 fully saturated rings. The Morgan fingerprint density at radius 1 is 0.781 bits per heavy atom. The van der Waals surface area contributed by atoms with Crippen molar-refractivity contribution in [1.29, 1.82) is 0 Å². The van der Waals surface area contributed by atoms with E-state index in [1.807, 2.05) is 42.5 Å². The van der Waals surface area contributed by atoms with Crippen LogP contribution < -0.4 is 0 Å². The number of carbonyl (C=O) groups is 1. The van der Waals surface area contributed by atoms with Crippen molar-refractivity contribution in [2.45, 2.75) is 13.0 Å². The number of hydrogen-bond donors (Lipinski definition) is 0. The number of benzene rings is 2. The first kappa shape index (κ1) is 26.1. The number of nitrogens with zero attached hydrogens (tertiary/aromatic N) is 2. The maximum absolute atomic E-state index is 12.6. The van der Waals surface area contributed by atoms with Gasteiger partial charge in [-0.1, -0.05) is 60.4 Å². The summed E-state index contributed by atoms with van der Waals surface area (Å²) in [5.74, 6) is 6.54. The minimum atomic E-state index is 0. The van der Waals surface area contributed by atoms with Crippen LogP contribution in [0.15, 0.2) is 72.8 Å². The molecule has 0 bridgehead atoms. The highest BCUT2D eigenvalue weighted by Gasteiger charge is 2.18. The summed E-state index contributed by atoms with van der Waals surface area (Å²) in [6.45, 7) is 6.01. The third kappa shape index (κ3) is 7.78. The van der Waals surface area contributed by atoms with Gasteiger partial charge in [0.2, 0.25) is 0 Å². The fraction of sp³-hybridized carbons (Fsp3) is 0.269. The van der Waals surface area contributed by atoms with Crippen molar-refractivity contribution in [3.8, 4) is 11.8 Å². The van der Waals surface area contributed by atoms with Gasteiger partial charge in [-0.3, -0.25) is 9.69 Å². The Kier molecular flexibility index (Phi) is 11.0. The lowest BCUT2D eigenvalue weighted by atomic mass is 10.2. The van der Waals surface area contributed by atoms with Crippen LogP contribution in [0.5, 0.6) is 0 Å². The number of carbonyl (C=O) groups excluding carboxylic acids is 1. The van der Waals surface area contributed by atoms with Crippen LogP contribution in [0.1, 0.15) is 32.1 Å². The second-order valence-corrected chi connectivity index (χ2v) is 8.64. The third-order valence-corrected chi connectivity index (χ3v) is 6.40. The molecule has 32 heavy (non-hydrogen) atoms. The van der Waals surface area contributed by atoms with E-state index in [2.05, 4.69) is 52.0 Å². The lowest BCUT2D eigenvalue weighted by Gasteiger charge is -2.34. The highest BCUT2D eigenvalue weighted by Crippen LogP contribution is 2.18. The largest absolute Gasteiger partial charge is 0.300 e. The molecule has 0 spiro atoms. The zero-order valence-corrected chi connectivity index (χ0v) is 20.4. The van der Waals surface area contributed by atoms with E-state index in [9.17, 15) is 4.79 Å². The smallest absolute Gasteiger partial charge is 0.174 e. The third-order valence-electron chi connectivity index (χ3n) is 5.35. The van der Waals surface area contributed by atoms with E-state index in [0.29, 0.717) is 6.42 Å². The average Bonchev–Trinajstić information content (AvgIpc) is 3.28. The molecule has 0 amide bonds. The molecule has 2 aromatic carbocycles. The molecule has 168 valence electrons. The van der Waals surface area contributed by atoms with Crippen LogP contribution in [0.4, 0.5) is 0 Å². The molecule has 4 rings (SSSR count). The molecule has 0 N–H and O–H groups in total. The molecule has 6 heteroatoms. The number of ketones is 1. The second-order valence-electron chi connectivity index (χ2n) is 7.56. The summed E-state index contributed by atoms with van der Waals surface area (Å²) in [6.07, 6.45) is 0.574. The molecular weight excluding hydrogens is 459 g/mol. The number of piperazine rings is 1. The van der Waals surface area contributed by atoms with Crippen LogP contribution in [0.25, 0.3) is 0 Å². The molecule has 2 heterocycles. The van der Waals surface area contributed by atoms with Gasteiger partial charge in [0, 0.05) is 51.3 Å². The Bertz CT molecular complexity index is 1020. The standard InChI is InChI=1S/C26H26N2OS.2ClH/c29-25(26-14-13-24(30-26)12-11-22-7-3-1-4-8-22)15-16-27-17-19-28(20-18-27)21-23-9-5-2-6-10-23;;/h1-10,13-14H,15-21H2;2*1H. The van der Waals surface area contributed by atoms with Crippen LogP contribution in [-0.2, 0) is 6.54 Å². The summed E-state index contributed by atoms with van der Waals surface area (Å²) in [5, 5.41) is 0. The summed E-state index contributed by atoms with van der Waals surface area (Å²) in [4.78, 5) is 19.3. The molecule has 0 radical (unpaired) electrons. The first-order valence-electron chi connectivity index (χ1n) is 10.4. The van der Waals surface area contributed by atoms with Crippen LogP contribution in [0.2, 0.25) is 0 Å². The number of hydrogen-bond acceptors (Lipinski definition) is 4. The maximum Gasteiger partial charge on any atom is 0.174 e. The first-order valence-corrected chi connectivity index (χ1v) is 11.3. The van der Waals surface area contributed by atoms with Crippen molar-refractivity contribution < 1.29 is 4.79 Å². The average molecular weight is 487 g/mol. The normalized spacial score (nSPS) is 13.9. The van der Waals surface area contributed by atoms with Gasteiger partial charge < -0.3 is 4.90 Å². The van der Waals surface area contributed by atoms with Crippen molar-refractivity contribution in [2.24, 2.45) is 0 Å². The Balaban J connectivity index is 0.00000181. The molecule has 1 aliphatic rings. The van der Waals surface area contributed by atoms with Crippen molar-refractivity contribution in [2.75, 3.05) is 32.7 Å². The molecule has 1 saturated heterocycles. The Labute approximate surface area is 207 Å². The SMILES string of the molecule is Cl.Cl.O=C(CCN1CCN(Cc2ccccc2)CC1)c1ccc(C#Cc2ccccc2)s1. The Morgan fingerprint density at radius 2 is 1.41 bits per heavy atom. The molecule has 0 atom stereocenters. The molecule has 0 unspecified atom stereocenters. The molecule has 0 aliphatic carbocycles. The van der Waals surface area contributed by atoms with Crippen molar-refractivity contribution >= 4 is 41.9 Å². The van der Waals surface area contributed by atoms with Gasteiger partial charge in [-0.25, -0.2) is 0 Å². The summed E-state index contributed by atoms with van der Waals surface area (Å²) in [6, 6.07) is 24.4. The van der Waals surface area contributed by atoms with Gasteiger partial charge in [-0.2, -0.15) is 0 Å². The van der Waals surface area contributed by atoms with Crippen LogP contribution >= 0.6 is 36.2 Å². The zero-order valence-electron chi connectivity index (χ0n) is 17.9. The van der Waals surface area contributed by atoms with E-state index < -0.39 is 0 Å². The van der Waals surface area contributed by atoms with Gasteiger partial charge in [0.05, 0.1) is 9.75 Å². The van der Waals surface area contributed by atoms with Gasteiger partial charge in [0.25, 0.3) is 0 Å². The Hall–Kier alpha value is -2.13. The van der Waals surface area contributed by atoms with Crippen LogP contribution in [0.3, 0.4) is 0 Å². The number of thiophene rings is 1. The van der Waals surface area contributed by atoms with Gasteiger partial charge >= 0.3 is 0 Å². The lowest BCUT2D eigenvalue weighted by Crippen LogP contribution is -2.46. The summed E-state index contributed by atoms with van der Waals surface area (Å²) in [5.41, 5.74) is 2.36. The molecule has 3 aromatic rings. The van der Waals surface area contributed by atoms with E-state index in [0.717, 1.165) is 54.6 Å². The minimum absolute atomic E-state index is 0. The van der Waals surface area contributed by atoms with Gasteiger partial charge in [-0.05, 0) is 29.8 Å². The molecular formula is C26H28Cl2N2OS. The van der Waals surface area contributed by atoms with E-state index >= 15 is 0 Å². The summed E-state index contributed by atoms with van der Waals surface area (Å²) >= 11 is 1.50. The van der Waals surface area contributed by atoms with Crippen molar-refractivity contribution in [1.82, 2.24) is 9.80 Å². The minimum Gasteiger partial charge on any atom is -0.300 e. The van der Waals surface area contributed by atoms with E-state index in [-0.39, 0.29) is 30.6 Å². The van der Waals surface area contributed by atoms with Gasteiger partial charge in [-0.15, -0.1) is 36.2 Å². The Morgan fingerprint density at radius 3 is 2.09 bits per heavy atom. The first-order chi connectivity index (χ1) is 14.8. The number of halogens is 2. The highest BCUT2D eigenvalue weighted by atomic mass is 35.5. The quantitative estimate of drug-likeness (QED) is 0.345. The second kappa shape index (κ2) is 13.4. The van der Waals surface area contributed by atoms with Crippen molar-refractivity contribution in [3.05, 3.63) is 93.7 Å². The molecule has 0 saturated carbocycles. The van der Waals surface area contributed by atoms with Gasteiger partial charge in [0.1, 0.15) is 0 Å². The van der Waals surface area contributed by atoms with Crippen LogP contribution in [-0.4, -0.2) is 48.3 Å².